The molecule has 0 aliphatic carbocycles. The Morgan fingerprint density at radius 2 is 1.95 bits per heavy atom. The van der Waals surface area contributed by atoms with Gasteiger partial charge in [-0.1, -0.05) is 6.92 Å². The molecule has 4 nitrogen and oxygen atoms in total. The summed E-state index contributed by atoms with van der Waals surface area (Å²) in [6.45, 7) is 4.01. The van der Waals surface area contributed by atoms with Gasteiger partial charge in [-0.05, 0) is 55.3 Å². The smallest absolute Gasteiger partial charge is 0.138 e. The molecule has 0 amide bonds. The lowest BCUT2D eigenvalue weighted by molar-refractivity contribution is 0.168. The first-order valence-electron chi connectivity index (χ1n) is 7.45. The highest BCUT2D eigenvalue weighted by molar-refractivity contribution is 5.68. The van der Waals surface area contributed by atoms with Crippen LogP contribution in [0, 0.1) is 6.92 Å². The van der Waals surface area contributed by atoms with Gasteiger partial charge in [-0.15, -0.1) is 0 Å². The molecule has 0 saturated carbocycles. The van der Waals surface area contributed by atoms with Crippen LogP contribution in [-0.2, 0) is 0 Å². The SMILES string of the molecule is CCC(O)c1c(-c2ccc(OC)cc2)nc2cc(C)ccn12. The first-order valence-corrected chi connectivity index (χ1v) is 7.45. The largest absolute Gasteiger partial charge is 0.497 e. The van der Waals surface area contributed by atoms with Crippen molar-refractivity contribution in [1.82, 2.24) is 9.38 Å². The molecule has 3 rings (SSSR count). The van der Waals surface area contributed by atoms with Gasteiger partial charge in [0.25, 0.3) is 0 Å². The van der Waals surface area contributed by atoms with Crippen molar-refractivity contribution in [3.63, 3.8) is 0 Å². The number of benzene rings is 1. The minimum absolute atomic E-state index is 0.546. The Kier molecular flexibility index (Phi) is 3.86. The topological polar surface area (TPSA) is 46.8 Å². The van der Waals surface area contributed by atoms with Crippen LogP contribution >= 0.6 is 0 Å². The van der Waals surface area contributed by atoms with E-state index in [2.05, 4.69) is 0 Å². The maximum absolute atomic E-state index is 10.4. The quantitative estimate of drug-likeness (QED) is 0.797. The summed E-state index contributed by atoms with van der Waals surface area (Å²) in [5.74, 6) is 0.806. The Labute approximate surface area is 130 Å². The van der Waals surface area contributed by atoms with Crippen molar-refractivity contribution in [2.75, 3.05) is 7.11 Å². The molecule has 1 N–H and O–H groups in total. The third-order valence-electron chi connectivity index (χ3n) is 3.88. The van der Waals surface area contributed by atoms with Crippen LogP contribution in [0.5, 0.6) is 5.75 Å². The van der Waals surface area contributed by atoms with Crippen molar-refractivity contribution < 1.29 is 9.84 Å². The number of ether oxygens (including phenoxy) is 1. The number of imidazole rings is 1. The Hall–Kier alpha value is -2.33. The predicted molar refractivity (Wildman–Crippen MR) is 87.2 cm³/mol. The number of aryl methyl sites for hydroxylation is 1. The maximum atomic E-state index is 10.4. The van der Waals surface area contributed by atoms with E-state index in [1.165, 1.54) is 0 Å². The average molecular weight is 296 g/mol. The number of pyridine rings is 1. The number of hydrogen-bond acceptors (Lipinski definition) is 3. The van der Waals surface area contributed by atoms with E-state index in [1.54, 1.807) is 7.11 Å². The van der Waals surface area contributed by atoms with Crippen molar-refractivity contribution in [3.05, 3.63) is 53.9 Å². The molecular weight excluding hydrogens is 276 g/mol. The van der Waals surface area contributed by atoms with E-state index in [0.717, 1.165) is 33.9 Å². The third kappa shape index (κ3) is 2.46. The van der Waals surface area contributed by atoms with Crippen LogP contribution in [0.1, 0.15) is 30.7 Å². The van der Waals surface area contributed by atoms with E-state index in [0.29, 0.717) is 6.42 Å². The summed E-state index contributed by atoms with van der Waals surface area (Å²) in [6, 6.07) is 11.8. The molecule has 0 aliphatic heterocycles. The van der Waals surface area contributed by atoms with Gasteiger partial charge in [0.1, 0.15) is 11.4 Å². The second-order valence-corrected chi connectivity index (χ2v) is 5.43. The van der Waals surface area contributed by atoms with Crippen LogP contribution in [0.4, 0.5) is 0 Å². The molecule has 1 unspecified atom stereocenters. The van der Waals surface area contributed by atoms with Crippen LogP contribution < -0.4 is 4.74 Å². The van der Waals surface area contributed by atoms with Crippen molar-refractivity contribution in [2.24, 2.45) is 0 Å². The van der Waals surface area contributed by atoms with Gasteiger partial charge in [0.2, 0.25) is 0 Å². The number of rotatable bonds is 4. The number of nitrogens with zero attached hydrogens (tertiary/aromatic N) is 2. The number of aromatic nitrogens is 2. The van der Waals surface area contributed by atoms with E-state index in [-0.39, 0.29) is 0 Å². The summed E-state index contributed by atoms with van der Waals surface area (Å²) >= 11 is 0. The third-order valence-corrected chi connectivity index (χ3v) is 3.88. The van der Waals surface area contributed by atoms with Crippen LogP contribution in [0.3, 0.4) is 0 Å². The number of hydrogen-bond donors (Lipinski definition) is 1. The highest BCUT2D eigenvalue weighted by Crippen LogP contribution is 2.31. The standard InChI is InChI=1S/C18H20N2O2/c1-4-15(21)18-17(13-5-7-14(22-3)8-6-13)19-16-11-12(2)9-10-20(16)18/h5-11,15,21H,4H2,1-3H3. The minimum atomic E-state index is -0.546. The highest BCUT2D eigenvalue weighted by Gasteiger charge is 2.19. The molecule has 3 aromatic rings. The highest BCUT2D eigenvalue weighted by atomic mass is 16.5. The molecule has 1 atom stereocenters. The summed E-state index contributed by atoms with van der Waals surface area (Å²) in [5, 5.41) is 10.4. The van der Waals surface area contributed by atoms with E-state index in [1.807, 2.05) is 60.8 Å². The van der Waals surface area contributed by atoms with Crippen molar-refractivity contribution in [3.8, 4) is 17.0 Å². The summed E-state index contributed by atoms with van der Waals surface area (Å²) in [4.78, 5) is 4.73. The molecule has 1 aromatic carbocycles. The number of aliphatic hydroxyl groups excluding tert-OH is 1. The lowest BCUT2D eigenvalue weighted by Gasteiger charge is -2.11. The molecule has 0 aliphatic rings. The zero-order chi connectivity index (χ0) is 15.7. The van der Waals surface area contributed by atoms with Gasteiger partial charge in [0.05, 0.1) is 24.6 Å². The number of aliphatic hydroxyl groups is 1. The summed E-state index contributed by atoms with van der Waals surface area (Å²) in [7, 11) is 1.65. The van der Waals surface area contributed by atoms with Crippen LogP contribution in [0.15, 0.2) is 42.6 Å². The summed E-state index contributed by atoms with van der Waals surface area (Å²) in [6.07, 6.45) is 2.07. The van der Waals surface area contributed by atoms with E-state index < -0.39 is 6.10 Å². The first-order chi connectivity index (χ1) is 10.6. The minimum Gasteiger partial charge on any atom is -0.497 e. The maximum Gasteiger partial charge on any atom is 0.138 e. The predicted octanol–water partition coefficient (Wildman–Crippen LogP) is 3.76. The van der Waals surface area contributed by atoms with Crippen LogP contribution in [0.2, 0.25) is 0 Å². The fourth-order valence-corrected chi connectivity index (χ4v) is 2.64. The summed E-state index contributed by atoms with van der Waals surface area (Å²) < 4.78 is 7.18. The van der Waals surface area contributed by atoms with Gasteiger partial charge in [-0.2, -0.15) is 0 Å². The fourth-order valence-electron chi connectivity index (χ4n) is 2.64. The molecule has 114 valence electrons. The molecule has 2 heterocycles. The number of fused-ring (bicyclic) bond motifs is 1. The molecule has 0 bridgehead atoms. The van der Waals surface area contributed by atoms with Gasteiger partial charge < -0.3 is 14.2 Å². The van der Waals surface area contributed by atoms with Gasteiger partial charge in [-0.3, -0.25) is 0 Å². The molecule has 4 heteroatoms. The molecule has 22 heavy (non-hydrogen) atoms. The van der Waals surface area contributed by atoms with Crippen molar-refractivity contribution >= 4 is 5.65 Å². The normalized spacial score (nSPS) is 12.5. The van der Waals surface area contributed by atoms with Crippen LogP contribution in [0.25, 0.3) is 16.9 Å². The van der Waals surface area contributed by atoms with Gasteiger partial charge in [-0.25, -0.2) is 4.98 Å². The van der Waals surface area contributed by atoms with Gasteiger partial charge >= 0.3 is 0 Å². The first kappa shape index (κ1) is 14.6. The van der Waals surface area contributed by atoms with Crippen molar-refractivity contribution in [2.45, 2.75) is 26.4 Å². The van der Waals surface area contributed by atoms with E-state index >= 15 is 0 Å². The molecule has 0 spiro atoms. The van der Waals surface area contributed by atoms with E-state index in [9.17, 15) is 5.11 Å². The van der Waals surface area contributed by atoms with Crippen molar-refractivity contribution in [1.29, 1.82) is 0 Å². The zero-order valence-corrected chi connectivity index (χ0v) is 13.1. The van der Waals surface area contributed by atoms with Crippen LogP contribution in [-0.4, -0.2) is 21.6 Å². The molecular formula is C18H20N2O2. The lowest BCUT2D eigenvalue weighted by atomic mass is 10.1. The molecule has 0 fully saturated rings. The molecule has 2 aromatic heterocycles. The molecule has 0 saturated heterocycles. The fraction of sp³-hybridized carbons (Fsp3) is 0.278. The zero-order valence-electron chi connectivity index (χ0n) is 13.1. The Morgan fingerprint density at radius 1 is 1.23 bits per heavy atom. The summed E-state index contributed by atoms with van der Waals surface area (Å²) in [5.41, 5.74) is 4.64. The van der Waals surface area contributed by atoms with E-state index in [4.69, 9.17) is 9.72 Å². The number of methoxy groups -OCH3 is 1. The monoisotopic (exact) mass is 296 g/mol. The average Bonchev–Trinajstić information content (AvgIpc) is 2.92. The second-order valence-electron chi connectivity index (χ2n) is 5.43. The molecule has 0 radical (unpaired) electrons. The second kappa shape index (κ2) is 5.81. The van der Waals surface area contributed by atoms with Gasteiger partial charge in [0.15, 0.2) is 0 Å². The Morgan fingerprint density at radius 3 is 2.59 bits per heavy atom. The van der Waals surface area contributed by atoms with Gasteiger partial charge in [0, 0.05) is 11.8 Å². The lowest BCUT2D eigenvalue weighted by Crippen LogP contribution is -2.02. The Bertz CT molecular complexity index is 791. The Balaban J connectivity index is 2.22.